The van der Waals surface area contributed by atoms with E-state index in [1.165, 1.54) is 0 Å². The Morgan fingerprint density at radius 1 is 1.18 bits per heavy atom. The van der Waals surface area contributed by atoms with Crippen LogP contribution in [0.25, 0.3) is 0 Å². The van der Waals surface area contributed by atoms with Gasteiger partial charge in [-0.25, -0.2) is 15.0 Å². The monoisotopic (exact) mass is 490 g/mol. The summed E-state index contributed by atoms with van der Waals surface area (Å²) in [5, 5.41) is 14.1. The van der Waals surface area contributed by atoms with Gasteiger partial charge in [-0.05, 0) is 52.4 Å². The number of aliphatic hydroxyl groups excluding tert-OH is 1. The lowest BCUT2D eigenvalue weighted by Crippen LogP contribution is -2.48. The molecule has 178 valence electrons. The number of anilines is 2. The van der Waals surface area contributed by atoms with Gasteiger partial charge in [0.25, 0.3) is 0 Å². The zero-order valence-electron chi connectivity index (χ0n) is 19.2. The quantitative estimate of drug-likeness (QED) is 0.656. The number of halogens is 1. The van der Waals surface area contributed by atoms with Gasteiger partial charge < -0.3 is 15.3 Å². The van der Waals surface area contributed by atoms with E-state index in [0.29, 0.717) is 28.1 Å². The molecule has 1 saturated heterocycles. The summed E-state index contributed by atoms with van der Waals surface area (Å²) in [4.78, 5) is 21.6. The molecular weight excluding hydrogens is 460 g/mol. The molecule has 2 N–H and O–H groups in total. The summed E-state index contributed by atoms with van der Waals surface area (Å²) >= 11 is 5.96. The van der Waals surface area contributed by atoms with Gasteiger partial charge in [-0.3, -0.25) is 4.21 Å². The number of rotatable bonds is 5. The van der Waals surface area contributed by atoms with Crippen LogP contribution in [0.15, 0.2) is 17.3 Å². The van der Waals surface area contributed by atoms with Crippen molar-refractivity contribution in [2.45, 2.75) is 79.9 Å². The van der Waals surface area contributed by atoms with Gasteiger partial charge in [0.15, 0.2) is 0 Å². The molecule has 1 aliphatic carbocycles. The van der Waals surface area contributed by atoms with E-state index in [1.54, 1.807) is 12.4 Å². The van der Waals surface area contributed by atoms with Crippen molar-refractivity contribution in [3.8, 4) is 0 Å². The van der Waals surface area contributed by atoms with Crippen LogP contribution in [-0.4, -0.2) is 59.2 Å². The molecule has 5 rings (SSSR count). The summed E-state index contributed by atoms with van der Waals surface area (Å²) in [6, 6.07) is 0. The first kappa shape index (κ1) is 22.9. The highest BCUT2D eigenvalue weighted by Gasteiger charge is 2.44. The van der Waals surface area contributed by atoms with Crippen molar-refractivity contribution in [3.63, 3.8) is 0 Å². The minimum atomic E-state index is -1.20. The van der Waals surface area contributed by atoms with Crippen LogP contribution in [0.5, 0.6) is 0 Å². The first-order chi connectivity index (χ1) is 15.8. The number of aliphatic hydroxyl groups is 1. The maximum atomic E-state index is 13.3. The summed E-state index contributed by atoms with van der Waals surface area (Å²) in [6.07, 6.45) is 9.71. The maximum absolute atomic E-state index is 13.3. The van der Waals surface area contributed by atoms with E-state index in [1.807, 2.05) is 13.8 Å². The highest BCUT2D eigenvalue weighted by molar-refractivity contribution is 7.87. The van der Waals surface area contributed by atoms with Crippen LogP contribution in [-0.2, 0) is 17.2 Å². The Morgan fingerprint density at radius 3 is 2.61 bits per heavy atom. The van der Waals surface area contributed by atoms with Gasteiger partial charge in [-0.1, -0.05) is 11.6 Å². The van der Waals surface area contributed by atoms with Crippen LogP contribution in [0.4, 0.5) is 11.8 Å². The number of nitrogens with zero attached hydrogens (tertiary/aromatic N) is 5. The van der Waals surface area contributed by atoms with Gasteiger partial charge in [0.05, 0.1) is 38.4 Å². The van der Waals surface area contributed by atoms with Crippen molar-refractivity contribution in [3.05, 3.63) is 28.9 Å². The molecule has 2 aliphatic heterocycles. The Bertz CT molecular complexity index is 1050. The molecule has 4 heterocycles. The second-order valence-corrected chi connectivity index (χ2v) is 12.6. The number of hydrogen-bond donors (Lipinski definition) is 2. The van der Waals surface area contributed by atoms with E-state index in [0.717, 1.165) is 63.1 Å². The largest absolute Gasteiger partial charge is 0.394 e. The Labute approximate surface area is 202 Å². The van der Waals surface area contributed by atoms with Crippen molar-refractivity contribution in [1.82, 2.24) is 19.9 Å². The number of fused-ring (bicyclic) bond motifs is 1. The maximum Gasteiger partial charge on any atom is 0.227 e. The second-order valence-electron chi connectivity index (χ2n) is 10.1. The van der Waals surface area contributed by atoms with E-state index in [9.17, 15) is 9.32 Å². The van der Waals surface area contributed by atoms with E-state index in [4.69, 9.17) is 21.6 Å². The van der Waals surface area contributed by atoms with Crippen molar-refractivity contribution >= 4 is 34.2 Å². The van der Waals surface area contributed by atoms with Crippen molar-refractivity contribution < 1.29 is 9.32 Å². The van der Waals surface area contributed by atoms with Crippen LogP contribution in [0.2, 0.25) is 5.02 Å². The van der Waals surface area contributed by atoms with Gasteiger partial charge in [0.2, 0.25) is 5.95 Å². The number of aromatic nitrogens is 4. The topological polar surface area (TPSA) is 104 Å². The zero-order chi connectivity index (χ0) is 23.2. The summed E-state index contributed by atoms with van der Waals surface area (Å²) in [5.74, 6) is 2.43. The van der Waals surface area contributed by atoms with E-state index < -0.39 is 10.8 Å². The predicted octanol–water partition coefficient (Wildman–Crippen LogP) is 3.46. The molecule has 0 aromatic carbocycles. The van der Waals surface area contributed by atoms with Gasteiger partial charge in [-0.2, -0.15) is 4.98 Å². The van der Waals surface area contributed by atoms with Crippen LogP contribution in [0.1, 0.15) is 69.8 Å². The first-order valence-electron chi connectivity index (χ1n) is 11.7. The van der Waals surface area contributed by atoms with Gasteiger partial charge in [0.1, 0.15) is 16.5 Å². The standard InChI is InChI=1S/C23H31ClN6O2S/c1-22(2)11-17-18(33(22)32)20(29-23(14-31)7-4-8-23)28-21(27-17)30-9-3-5-15(6-10-30)19-25-12-16(24)13-26-19/h12-13,15,31H,3-11,14H2,1-2H3,(H,27,28,29)/t15?,33-/m0/s1. The van der Waals surface area contributed by atoms with Gasteiger partial charge in [0, 0.05) is 37.8 Å². The zero-order valence-corrected chi connectivity index (χ0v) is 20.8. The smallest absolute Gasteiger partial charge is 0.227 e. The van der Waals surface area contributed by atoms with Crippen LogP contribution in [0.3, 0.4) is 0 Å². The molecule has 0 amide bonds. The lowest BCUT2D eigenvalue weighted by Gasteiger charge is -2.41. The summed E-state index contributed by atoms with van der Waals surface area (Å²) in [7, 11) is -1.20. The van der Waals surface area contributed by atoms with Crippen molar-refractivity contribution in [1.29, 1.82) is 0 Å². The minimum Gasteiger partial charge on any atom is -0.394 e. The molecule has 0 radical (unpaired) electrons. The highest BCUT2D eigenvalue weighted by Crippen LogP contribution is 2.43. The molecule has 10 heteroatoms. The lowest BCUT2D eigenvalue weighted by atomic mass is 9.77. The predicted molar refractivity (Wildman–Crippen MR) is 129 cm³/mol. The molecule has 33 heavy (non-hydrogen) atoms. The molecule has 0 spiro atoms. The van der Waals surface area contributed by atoms with Crippen molar-refractivity contribution in [2.24, 2.45) is 0 Å². The molecule has 2 fully saturated rings. The van der Waals surface area contributed by atoms with Crippen molar-refractivity contribution in [2.75, 3.05) is 29.9 Å². The van der Waals surface area contributed by atoms with Crippen LogP contribution < -0.4 is 10.2 Å². The molecule has 2 aromatic rings. The molecule has 1 unspecified atom stereocenters. The fraction of sp³-hybridized carbons (Fsp3) is 0.652. The molecule has 8 nitrogen and oxygen atoms in total. The van der Waals surface area contributed by atoms with Gasteiger partial charge in [-0.15, -0.1) is 0 Å². The third-order valence-corrected chi connectivity index (χ3v) is 9.36. The summed E-state index contributed by atoms with van der Waals surface area (Å²) in [6.45, 7) is 5.72. The third-order valence-electron chi connectivity index (χ3n) is 7.22. The fourth-order valence-electron chi connectivity index (χ4n) is 5.03. The Kier molecular flexibility index (Phi) is 6.07. The van der Waals surface area contributed by atoms with E-state index in [-0.39, 0.29) is 22.8 Å². The summed E-state index contributed by atoms with van der Waals surface area (Å²) < 4.78 is 12.9. The molecule has 2 atom stereocenters. The lowest BCUT2D eigenvalue weighted by molar-refractivity contribution is 0.143. The fourth-order valence-corrected chi connectivity index (χ4v) is 6.56. The third kappa shape index (κ3) is 4.35. The minimum absolute atomic E-state index is 0.0453. The Balaban J connectivity index is 1.43. The normalized spacial score (nSPS) is 25.8. The molecule has 1 saturated carbocycles. The van der Waals surface area contributed by atoms with Crippen LogP contribution >= 0.6 is 11.6 Å². The average Bonchev–Trinajstić information content (AvgIpc) is 2.91. The molecular formula is C23H31ClN6O2S. The molecule has 0 bridgehead atoms. The first-order valence-corrected chi connectivity index (χ1v) is 13.3. The van der Waals surface area contributed by atoms with E-state index in [2.05, 4.69) is 20.2 Å². The van der Waals surface area contributed by atoms with Gasteiger partial charge >= 0.3 is 0 Å². The number of hydrogen-bond acceptors (Lipinski definition) is 8. The second kappa shape index (κ2) is 8.74. The highest BCUT2D eigenvalue weighted by atomic mass is 35.5. The van der Waals surface area contributed by atoms with E-state index >= 15 is 0 Å². The SMILES string of the molecule is CC1(C)Cc2nc(N3CCCC(c4ncc(Cl)cn4)CC3)nc(NC3(CO)CCC3)c2[S@@]1=O. The molecule has 3 aliphatic rings. The average molecular weight is 491 g/mol. The number of nitrogens with one attached hydrogen (secondary N) is 1. The van der Waals surface area contributed by atoms with Crippen LogP contribution in [0, 0.1) is 0 Å². The Hall–Kier alpha value is -1.84. The Morgan fingerprint density at radius 2 is 1.94 bits per heavy atom. The summed E-state index contributed by atoms with van der Waals surface area (Å²) in [5.41, 5.74) is 0.492. The molecule has 2 aromatic heterocycles.